The van der Waals surface area contributed by atoms with Crippen LogP contribution in [0.1, 0.15) is 17.9 Å². The third-order valence-electron chi connectivity index (χ3n) is 5.13. The van der Waals surface area contributed by atoms with Gasteiger partial charge in [0, 0.05) is 43.2 Å². The maximum atomic E-state index is 5.69. The molecule has 2 aliphatic rings. The summed E-state index contributed by atoms with van der Waals surface area (Å²) in [5, 5.41) is 3.56. The monoisotopic (exact) mass is 316 g/mol. The number of methoxy groups -OCH3 is 1. The quantitative estimate of drug-likeness (QED) is 0.895. The predicted octanol–water partition coefficient (Wildman–Crippen LogP) is 1.35. The van der Waals surface area contributed by atoms with E-state index in [4.69, 9.17) is 9.47 Å². The minimum absolute atomic E-state index is 0.421. The van der Waals surface area contributed by atoms with E-state index in [2.05, 4.69) is 26.3 Å². The lowest BCUT2D eigenvalue weighted by Crippen LogP contribution is -2.52. The Hall–Kier alpha value is -1.63. The molecule has 6 heteroatoms. The maximum Gasteiger partial charge on any atom is 0.124 e. The van der Waals surface area contributed by atoms with Crippen molar-refractivity contribution in [3.05, 3.63) is 24.0 Å². The van der Waals surface area contributed by atoms with E-state index in [1.54, 1.807) is 13.4 Å². The van der Waals surface area contributed by atoms with Crippen LogP contribution in [0.3, 0.4) is 0 Å². The molecule has 2 saturated heterocycles. The van der Waals surface area contributed by atoms with Gasteiger partial charge in [0.05, 0.1) is 37.7 Å². The van der Waals surface area contributed by atoms with E-state index in [0.29, 0.717) is 12.0 Å². The molecule has 0 amide bonds. The van der Waals surface area contributed by atoms with E-state index in [1.165, 1.54) is 5.56 Å². The summed E-state index contributed by atoms with van der Waals surface area (Å²) in [6.07, 6.45) is 2.90. The highest BCUT2D eigenvalue weighted by Crippen LogP contribution is 2.36. The van der Waals surface area contributed by atoms with Gasteiger partial charge < -0.3 is 19.8 Å². The minimum atomic E-state index is 0.421. The fraction of sp³-hybridized carbons (Fsp3) is 0.588. The Morgan fingerprint density at radius 3 is 3.00 bits per heavy atom. The molecule has 2 unspecified atom stereocenters. The number of nitrogens with zero attached hydrogens (tertiary/aromatic N) is 2. The highest BCUT2D eigenvalue weighted by molar-refractivity contribution is 5.78. The van der Waals surface area contributed by atoms with E-state index in [-0.39, 0.29) is 0 Å². The smallest absolute Gasteiger partial charge is 0.124 e. The third-order valence-corrected chi connectivity index (χ3v) is 5.13. The van der Waals surface area contributed by atoms with Crippen LogP contribution in [0.5, 0.6) is 5.75 Å². The number of imidazole rings is 1. The third kappa shape index (κ3) is 2.82. The summed E-state index contributed by atoms with van der Waals surface area (Å²) in [5.41, 5.74) is 3.30. The van der Waals surface area contributed by atoms with Gasteiger partial charge in [-0.05, 0) is 19.0 Å². The van der Waals surface area contributed by atoms with Crippen LogP contribution in [0.2, 0.25) is 0 Å². The van der Waals surface area contributed by atoms with Crippen molar-refractivity contribution in [1.82, 2.24) is 20.2 Å². The number of morpholine rings is 1. The highest BCUT2D eigenvalue weighted by Gasteiger charge is 2.33. The molecule has 124 valence electrons. The van der Waals surface area contributed by atoms with Crippen molar-refractivity contribution >= 4 is 11.0 Å². The average Bonchev–Trinajstić information content (AvgIpc) is 3.08. The number of fused-ring (bicyclic) bond motifs is 1. The lowest BCUT2D eigenvalue weighted by atomic mass is 9.85. The minimum Gasteiger partial charge on any atom is -0.496 e. The summed E-state index contributed by atoms with van der Waals surface area (Å²) in [6, 6.07) is 4.80. The molecule has 6 nitrogen and oxygen atoms in total. The molecule has 0 saturated carbocycles. The lowest BCUT2D eigenvalue weighted by molar-refractivity contribution is 0.00466. The molecule has 0 spiro atoms. The van der Waals surface area contributed by atoms with Gasteiger partial charge in [-0.2, -0.15) is 0 Å². The first-order valence-corrected chi connectivity index (χ1v) is 8.40. The molecule has 1 aromatic carbocycles. The molecule has 3 heterocycles. The van der Waals surface area contributed by atoms with Crippen LogP contribution in [0, 0.1) is 0 Å². The van der Waals surface area contributed by atoms with E-state index in [9.17, 15) is 0 Å². The van der Waals surface area contributed by atoms with Crippen LogP contribution in [0.4, 0.5) is 0 Å². The number of H-pyrrole nitrogens is 1. The molecule has 2 aromatic rings. The SMILES string of the molecule is COc1cc2nc[nH]c2cc1C1CNCCC1N1CCOCC1. The van der Waals surface area contributed by atoms with Crippen molar-refractivity contribution in [1.29, 1.82) is 0 Å². The highest BCUT2D eigenvalue weighted by atomic mass is 16.5. The standard InChI is InChI=1S/C17H24N4O2/c1-22-17-9-15-14(19-11-20-15)8-12(17)13-10-18-3-2-16(13)21-4-6-23-7-5-21/h8-9,11,13,16,18H,2-7,10H2,1H3,(H,19,20). The Kier molecular flexibility index (Phi) is 4.20. The molecule has 2 N–H and O–H groups in total. The van der Waals surface area contributed by atoms with Gasteiger partial charge in [-0.3, -0.25) is 4.90 Å². The summed E-state index contributed by atoms with van der Waals surface area (Å²) >= 11 is 0. The second kappa shape index (κ2) is 6.47. The Balaban J connectivity index is 1.70. The fourth-order valence-electron chi connectivity index (χ4n) is 3.95. The first kappa shape index (κ1) is 14.9. The number of hydrogen-bond donors (Lipinski definition) is 2. The van der Waals surface area contributed by atoms with Gasteiger partial charge in [-0.25, -0.2) is 4.98 Å². The summed E-state index contributed by atoms with van der Waals surface area (Å²) in [4.78, 5) is 10.2. The largest absolute Gasteiger partial charge is 0.496 e. The predicted molar refractivity (Wildman–Crippen MR) is 89.1 cm³/mol. The van der Waals surface area contributed by atoms with Crippen LogP contribution in [0.25, 0.3) is 11.0 Å². The van der Waals surface area contributed by atoms with Gasteiger partial charge in [-0.1, -0.05) is 0 Å². The molecule has 2 aliphatic heterocycles. The van der Waals surface area contributed by atoms with Crippen LogP contribution in [0.15, 0.2) is 18.5 Å². The van der Waals surface area contributed by atoms with Gasteiger partial charge in [0.25, 0.3) is 0 Å². The lowest BCUT2D eigenvalue weighted by Gasteiger charge is -2.42. The maximum absolute atomic E-state index is 5.69. The van der Waals surface area contributed by atoms with Gasteiger partial charge in [0.2, 0.25) is 0 Å². The van der Waals surface area contributed by atoms with Crippen molar-refractivity contribution in [3.8, 4) is 5.75 Å². The number of aromatic nitrogens is 2. The zero-order chi connectivity index (χ0) is 15.6. The Bertz CT molecular complexity index is 666. The summed E-state index contributed by atoms with van der Waals surface area (Å²) in [5.74, 6) is 1.36. The zero-order valence-electron chi connectivity index (χ0n) is 13.5. The van der Waals surface area contributed by atoms with E-state index >= 15 is 0 Å². The van der Waals surface area contributed by atoms with Crippen molar-refractivity contribution < 1.29 is 9.47 Å². The second-order valence-electron chi connectivity index (χ2n) is 6.33. The van der Waals surface area contributed by atoms with Crippen molar-refractivity contribution in [2.24, 2.45) is 0 Å². The molecule has 1 aromatic heterocycles. The number of ether oxygens (including phenoxy) is 2. The van der Waals surface area contributed by atoms with Gasteiger partial charge in [0.1, 0.15) is 5.75 Å². The molecule has 4 rings (SSSR count). The fourth-order valence-corrected chi connectivity index (χ4v) is 3.95. The second-order valence-corrected chi connectivity index (χ2v) is 6.33. The molecule has 23 heavy (non-hydrogen) atoms. The van der Waals surface area contributed by atoms with Gasteiger partial charge >= 0.3 is 0 Å². The molecular formula is C17H24N4O2. The number of aromatic amines is 1. The summed E-state index contributed by atoms with van der Waals surface area (Å²) < 4.78 is 11.2. The van der Waals surface area contributed by atoms with Crippen LogP contribution >= 0.6 is 0 Å². The van der Waals surface area contributed by atoms with Gasteiger partial charge in [-0.15, -0.1) is 0 Å². The van der Waals surface area contributed by atoms with E-state index in [0.717, 1.165) is 62.6 Å². The van der Waals surface area contributed by atoms with E-state index in [1.807, 2.05) is 6.07 Å². The Labute approximate surface area is 136 Å². The summed E-state index contributed by atoms with van der Waals surface area (Å²) in [7, 11) is 1.75. The molecule has 0 aliphatic carbocycles. The number of nitrogens with one attached hydrogen (secondary N) is 2. The average molecular weight is 316 g/mol. The molecule has 0 bridgehead atoms. The zero-order valence-corrected chi connectivity index (χ0v) is 13.5. The topological polar surface area (TPSA) is 62.4 Å². The number of hydrogen-bond acceptors (Lipinski definition) is 5. The first-order chi connectivity index (χ1) is 11.4. The van der Waals surface area contributed by atoms with Crippen LogP contribution in [-0.2, 0) is 4.74 Å². The van der Waals surface area contributed by atoms with Crippen molar-refractivity contribution in [2.45, 2.75) is 18.4 Å². The molecule has 2 fully saturated rings. The first-order valence-electron chi connectivity index (χ1n) is 8.40. The number of piperidine rings is 1. The Morgan fingerprint density at radius 2 is 2.17 bits per heavy atom. The Morgan fingerprint density at radius 1 is 1.30 bits per heavy atom. The van der Waals surface area contributed by atoms with E-state index < -0.39 is 0 Å². The molecular weight excluding hydrogens is 292 g/mol. The number of rotatable bonds is 3. The summed E-state index contributed by atoms with van der Waals surface area (Å²) in [6.45, 7) is 5.79. The number of benzene rings is 1. The van der Waals surface area contributed by atoms with Crippen LogP contribution in [-0.4, -0.2) is 67.4 Å². The molecule has 2 atom stereocenters. The normalized spacial score (nSPS) is 26.5. The van der Waals surface area contributed by atoms with Crippen molar-refractivity contribution in [2.75, 3.05) is 46.5 Å². The van der Waals surface area contributed by atoms with Crippen molar-refractivity contribution in [3.63, 3.8) is 0 Å². The van der Waals surface area contributed by atoms with Gasteiger partial charge in [0.15, 0.2) is 0 Å². The molecule has 0 radical (unpaired) electrons. The van der Waals surface area contributed by atoms with Crippen LogP contribution < -0.4 is 10.1 Å².